The number of para-hydroxylation sites is 1. The summed E-state index contributed by atoms with van der Waals surface area (Å²) in [5.41, 5.74) is 4.72. The molecule has 2 aromatic rings. The van der Waals surface area contributed by atoms with Crippen molar-refractivity contribution in [3.05, 3.63) is 71.9 Å². The summed E-state index contributed by atoms with van der Waals surface area (Å²) in [6, 6.07) is 17.1. The molecule has 1 aliphatic heterocycles. The van der Waals surface area contributed by atoms with E-state index in [1.54, 1.807) is 0 Å². The molecule has 2 aromatic carbocycles. The first-order chi connectivity index (χ1) is 11.4. The molecule has 0 aromatic heterocycles. The molecule has 0 bridgehead atoms. The van der Waals surface area contributed by atoms with Crippen molar-refractivity contribution in [2.75, 3.05) is 24.3 Å². The number of benzene rings is 2. The van der Waals surface area contributed by atoms with Gasteiger partial charge in [-0.3, -0.25) is 0 Å². The van der Waals surface area contributed by atoms with E-state index >= 15 is 0 Å². The van der Waals surface area contributed by atoms with Gasteiger partial charge in [-0.05, 0) is 55.8 Å². The van der Waals surface area contributed by atoms with Crippen LogP contribution >= 0.6 is 11.8 Å². The molecular formula is C21H24N2S. The third-order valence-corrected chi connectivity index (χ3v) is 5.13. The Bertz CT molecular complexity index is 771. The maximum atomic E-state index is 3.56. The van der Waals surface area contributed by atoms with E-state index in [9.17, 15) is 0 Å². The second-order valence-corrected chi connectivity index (χ2v) is 8.44. The monoisotopic (exact) mass is 336 g/mol. The van der Waals surface area contributed by atoms with Gasteiger partial charge in [0.25, 0.3) is 0 Å². The zero-order chi connectivity index (χ0) is 17.2. The van der Waals surface area contributed by atoms with Gasteiger partial charge in [0.1, 0.15) is 0 Å². The number of hydrogen-bond acceptors (Lipinski definition) is 3. The average Bonchev–Trinajstić information content (AvgIpc) is 2.67. The summed E-state index contributed by atoms with van der Waals surface area (Å²) < 4.78 is 0.0497. The van der Waals surface area contributed by atoms with Crippen LogP contribution in [0.25, 0.3) is 6.08 Å². The van der Waals surface area contributed by atoms with Gasteiger partial charge in [0.15, 0.2) is 0 Å². The summed E-state index contributed by atoms with van der Waals surface area (Å²) in [4.78, 5) is 3.40. The molecule has 24 heavy (non-hydrogen) atoms. The molecule has 2 nitrogen and oxygen atoms in total. The van der Waals surface area contributed by atoms with Crippen LogP contribution in [0.3, 0.4) is 0 Å². The largest absolute Gasteiger partial charge is 0.378 e. The molecule has 0 saturated carbocycles. The van der Waals surface area contributed by atoms with Crippen molar-refractivity contribution in [2.45, 2.75) is 23.5 Å². The van der Waals surface area contributed by atoms with Crippen LogP contribution in [0.15, 0.2) is 71.3 Å². The molecular weight excluding hydrogens is 312 g/mol. The normalized spacial score (nSPS) is 16.1. The molecule has 0 amide bonds. The summed E-state index contributed by atoms with van der Waals surface area (Å²) in [5.74, 6) is 0. The van der Waals surface area contributed by atoms with Crippen molar-refractivity contribution >= 4 is 29.2 Å². The van der Waals surface area contributed by atoms with Gasteiger partial charge in [0, 0.05) is 35.1 Å². The first-order valence-corrected chi connectivity index (χ1v) is 8.98. The number of fused-ring (bicyclic) bond motifs is 1. The highest BCUT2D eigenvalue weighted by Crippen LogP contribution is 2.41. The van der Waals surface area contributed by atoms with Crippen LogP contribution in [0.1, 0.15) is 19.4 Å². The van der Waals surface area contributed by atoms with E-state index in [1.807, 2.05) is 11.8 Å². The topological polar surface area (TPSA) is 15.3 Å². The van der Waals surface area contributed by atoms with Gasteiger partial charge >= 0.3 is 0 Å². The van der Waals surface area contributed by atoms with Crippen LogP contribution in [0.2, 0.25) is 0 Å². The summed E-state index contributed by atoms with van der Waals surface area (Å²) in [6.07, 6.45) is 6.62. The van der Waals surface area contributed by atoms with Crippen molar-refractivity contribution in [3.8, 4) is 0 Å². The first-order valence-electron chi connectivity index (χ1n) is 8.16. The maximum Gasteiger partial charge on any atom is 0.0522 e. The SMILES string of the molecule is CN(C)c1ccc(/C=C/C2=CC(C)(C)Sc3ccccc3N2)cc1. The molecule has 0 spiro atoms. The Morgan fingerprint density at radius 1 is 0.958 bits per heavy atom. The third kappa shape index (κ3) is 4.04. The standard InChI is InChI=1S/C21H24N2S/c1-21(2)15-17(22-19-7-5-6-8-20(19)24-21)12-9-16-10-13-18(14-11-16)23(3)4/h5-15,22H,1-4H3/b12-9+. The van der Waals surface area contributed by atoms with Gasteiger partial charge in [-0.15, -0.1) is 11.8 Å². The smallest absolute Gasteiger partial charge is 0.0522 e. The van der Waals surface area contributed by atoms with Crippen molar-refractivity contribution in [3.63, 3.8) is 0 Å². The zero-order valence-electron chi connectivity index (χ0n) is 14.7. The molecule has 0 atom stereocenters. The van der Waals surface area contributed by atoms with Gasteiger partial charge in [-0.25, -0.2) is 0 Å². The van der Waals surface area contributed by atoms with Crippen molar-refractivity contribution in [1.29, 1.82) is 0 Å². The molecule has 0 fully saturated rings. The lowest BCUT2D eigenvalue weighted by Crippen LogP contribution is -2.10. The highest BCUT2D eigenvalue weighted by atomic mass is 32.2. The van der Waals surface area contributed by atoms with Gasteiger partial charge in [-0.1, -0.05) is 30.3 Å². The molecule has 3 rings (SSSR count). The fourth-order valence-electron chi connectivity index (χ4n) is 2.70. The fraction of sp³-hybridized carbons (Fsp3) is 0.238. The van der Waals surface area contributed by atoms with E-state index in [-0.39, 0.29) is 4.75 Å². The van der Waals surface area contributed by atoms with E-state index in [0.717, 1.165) is 5.70 Å². The lowest BCUT2D eigenvalue weighted by atomic mass is 10.1. The van der Waals surface area contributed by atoms with Crippen LogP contribution in [-0.2, 0) is 0 Å². The van der Waals surface area contributed by atoms with Crippen molar-refractivity contribution < 1.29 is 0 Å². The lowest BCUT2D eigenvalue weighted by Gasteiger charge is -2.18. The van der Waals surface area contributed by atoms with E-state index in [0.29, 0.717) is 0 Å². The van der Waals surface area contributed by atoms with Crippen molar-refractivity contribution in [2.24, 2.45) is 0 Å². The number of allylic oxidation sites excluding steroid dienone is 1. The van der Waals surface area contributed by atoms with Crippen LogP contribution in [-0.4, -0.2) is 18.8 Å². The molecule has 1 N–H and O–H groups in total. The quantitative estimate of drug-likeness (QED) is 0.780. The number of nitrogens with one attached hydrogen (secondary N) is 1. The summed E-state index contributed by atoms with van der Waals surface area (Å²) >= 11 is 1.89. The predicted octanol–water partition coefficient (Wildman–Crippen LogP) is 5.65. The average molecular weight is 337 g/mol. The highest BCUT2D eigenvalue weighted by molar-refractivity contribution is 8.01. The molecule has 1 aliphatic rings. The van der Waals surface area contributed by atoms with Gasteiger partial charge < -0.3 is 10.2 Å². The minimum absolute atomic E-state index is 0.0497. The van der Waals surface area contributed by atoms with E-state index in [4.69, 9.17) is 0 Å². The Morgan fingerprint density at radius 2 is 1.67 bits per heavy atom. The van der Waals surface area contributed by atoms with Crippen molar-refractivity contribution in [1.82, 2.24) is 0 Å². The van der Waals surface area contributed by atoms with Gasteiger partial charge in [0.05, 0.1) is 5.69 Å². The number of thioether (sulfide) groups is 1. The van der Waals surface area contributed by atoms with E-state index in [1.165, 1.54) is 21.8 Å². The minimum Gasteiger partial charge on any atom is -0.378 e. The Hall–Kier alpha value is -2.13. The Morgan fingerprint density at radius 3 is 2.38 bits per heavy atom. The van der Waals surface area contributed by atoms with E-state index in [2.05, 4.69) is 105 Å². The van der Waals surface area contributed by atoms with E-state index < -0.39 is 0 Å². The molecule has 0 saturated heterocycles. The molecule has 0 unspecified atom stereocenters. The second kappa shape index (κ2) is 6.78. The summed E-state index contributed by atoms with van der Waals surface area (Å²) in [5, 5.41) is 3.56. The van der Waals surface area contributed by atoms with Crippen LogP contribution in [0.4, 0.5) is 11.4 Å². The Kier molecular flexibility index (Phi) is 4.72. The number of nitrogens with zero attached hydrogens (tertiary/aromatic N) is 1. The van der Waals surface area contributed by atoms with Gasteiger partial charge in [0.2, 0.25) is 0 Å². The number of anilines is 2. The van der Waals surface area contributed by atoms with Gasteiger partial charge in [-0.2, -0.15) is 0 Å². The molecule has 3 heteroatoms. The Balaban J connectivity index is 1.84. The molecule has 124 valence electrons. The first kappa shape index (κ1) is 16.7. The molecule has 0 aliphatic carbocycles. The minimum atomic E-state index is 0.0497. The summed E-state index contributed by atoms with van der Waals surface area (Å²) in [6.45, 7) is 4.50. The summed E-state index contributed by atoms with van der Waals surface area (Å²) in [7, 11) is 4.12. The maximum absolute atomic E-state index is 3.56. The number of rotatable bonds is 3. The van der Waals surface area contributed by atoms with Crippen LogP contribution < -0.4 is 10.2 Å². The predicted molar refractivity (Wildman–Crippen MR) is 108 cm³/mol. The third-order valence-electron chi connectivity index (χ3n) is 3.91. The second-order valence-electron chi connectivity index (χ2n) is 6.75. The van der Waals surface area contributed by atoms with Crippen LogP contribution in [0.5, 0.6) is 0 Å². The van der Waals surface area contributed by atoms with Crippen LogP contribution in [0, 0.1) is 0 Å². The molecule has 1 heterocycles. The Labute approximate surface area is 149 Å². The zero-order valence-corrected chi connectivity index (χ0v) is 15.5. The highest BCUT2D eigenvalue weighted by Gasteiger charge is 2.22. The number of hydrogen-bond donors (Lipinski definition) is 1. The lowest BCUT2D eigenvalue weighted by molar-refractivity contribution is 0.895. The fourth-order valence-corrected chi connectivity index (χ4v) is 3.83. The molecule has 0 radical (unpaired) electrons.